The predicted molar refractivity (Wildman–Crippen MR) is 135 cm³/mol. The number of hydrogen-bond acceptors (Lipinski definition) is 9. The van der Waals surface area contributed by atoms with Gasteiger partial charge >= 0.3 is 17.9 Å². The summed E-state index contributed by atoms with van der Waals surface area (Å²) >= 11 is 0. The van der Waals surface area contributed by atoms with Gasteiger partial charge in [0.25, 0.3) is 0 Å². The SMILES string of the molecule is NCCCCC(NC(=O)C(CC(=O)O)NC(=O)C(Cc1ccc(O)cc1)NC(=O)C(N)CCC(=O)O)C(=O)O. The van der Waals surface area contributed by atoms with Crippen molar-refractivity contribution in [3.8, 4) is 5.75 Å². The van der Waals surface area contributed by atoms with Crippen molar-refractivity contribution in [1.29, 1.82) is 0 Å². The maximum Gasteiger partial charge on any atom is 0.326 e. The molecule has 11 N–H and O–H groups in total. The highest BCUT2D eigenvalue weighted by molar-refractivity contribution is 5.95. The Kier molecular flexibility index (Phi) is 13.9. The fourth-order valence-corrected chi connectivity index (χ4v) is 3.44. The van der Waals surface area contributed by atoms with Crippen LogP contribution in [0.15, 0.2) is 24.3 Å². The van der Waals surface area contributed by atoms with Crippen molar-refractivity contribution in [3.05, 3.63) is 29.8 Å². The Bertz CT molecular complexity index is 1020. The Labute approximate surface area is 223 Å². The number of aromatic hydroxyl groups is 1. The Balaban J connectivity index is 3.11. The van der Waals surface area contributed by atoms with Gasteiger partial charge in [-0.3, -0.25) is 24.0 Å². The molecule has 4 atom stereocenters. The number of unbranched alkanes of at least 4 members (excludes halogenated alkanes) is 1. The van der Waals surface area contributed by atoms with Crippen molar-refractivity contribution in [2.45, 2.75) is 69.1 Å². The molecule has 0 saturated heterocycles. The van der Waals surface area contributed by atoms with Crippen molar-refractivity contribution in [1.82, 2.24) is 16.0 Å². The monoisotopic (exact) mass is 553 g/mol. The summed E-state index contributed by atoms with van der Waals surface area (Å²) in [6.07, 6.45) is -0.763. The van der Waals surface area contributed by atoms with E-state index in [0.29, 0.717) is 24.9 Å². The third-order valence-corrected chi connectivity index (χ3v) is 5.59. The Hall–Kier alpha value is -4.24. The second-order valence-electron chi connectivity index (χ2n) is 8.81. The molecule has 0 radical (unpaired) electrons. The molecule has 1 aromatic carbocycles. The fraction of sp³-hybridized carbons (Fsp3) is 0.500. The summed E-state index contributed by atoms with van der Waals surface area (Å²) in [6.45, 7) is 0.312. The van der Waals surface area contributed by atoms with Crippen LogP contribution < -0.4 is 27.4 Å². The molecular formula is C24H35N5O10. The van der Waals surface area contributed by atoms with Crippen molar-refractivity contribution in [2.75, 3.05) is 6.54 Å². The normalized spacial score (nSPS) is 13.8. The van der Waals surface area contributed by atoms with E-state index >= 15 is 0 Å². The number of nitrogens with one attached hydrogen (secondary N) is 3. The van der Waals surface area contributed by atoms with Crippen molar-refractivity contribution >= 4 is 35.6 Å². The van der Waals surface area contributed by atoms with Gasteiger partial charge in [-0.1, -0.05) is 12.1 Å². The van der Waals surface area contributed by atoms with Crippen LogP contribution in [-0.2, 0) is 35.2 Å². The number of aliphatic carboxylic acids is 3. The number of carbonyl (C=O) groups excluding carboxylic acids is 3. The summed E-state index contributed by atoms with van der Waals surface area (Å²) in [5.41, 5.74) is 11.6. The molecule has 1 rings (SSSR count). The summed E-state index contributed by atoms with van der Waals surface area (Å²) in [6, 6.07) is -0.104. The first kappa shape index (κ1) is 32.8. The summed E-state index contributed by atoms with van der Waals surface area (Å²) < 4.78 is 0. The maximum atomic E-state index is 13.2. The molecule has 0 aliphatic heterocycles. The minimum atomic E-state index is -1.69. The van der Waals surface area contributed by atoms with Gasteiger partial charge in [0.05, 0.1) is 12.5 Å². The van der Waals surface area contributed by atoms with Crippen LogP contribution in [0.25, 0.3) is 0 Å². The molecule has 1 aromatic rings. The second kappa shape index (κ2) is 16.6. The van der Waals surface area contributed by atoms with Gasteiger partial charge in [0.1, 0.15) is 23.9 Å². The number of phenolic OH excluding ortho intramolecular Hbond substituents is 1. The summed E-state index contributed by atoms with van der Waals surface area (Å²) in [7, 11) is 0. The third kappa shape index (κ3) is 12.7. The lowest BCUT2D eigenvalue weighted by Gasteiger charge is -2.24. The molecule has 0 saturated carbocycles. The first-order valence-electron chi connectivity index (χ1n) is 12.1. The standard InChI is InChI=1S/C24H35N5O10/c25-10-2-1-3-16(24(38)39)27-23(37)18(12-20(33)34)29-22(36)17(11-13-4-6-14(30)7-5-13)28-21(35)15(26)8-9-19(31)32/h4-7,15-18,30H,1-3,8-12,25-26H2,(H,27,37)(H,28,35)(H,29,36)(H,31,32)(H,33,34)(H,38,39). The fourth-order valence-electron chi connectivity index (χ4n) is 3.44. The molecule has 0 heterocycles. The van der Waals surface area contributed by atoms with Crippen molar-refractivity contribution < 1.29 is 49.2 Å². The van der Waals surface area contributed by atoms with Crippen molar-refractivity contribution in [3.63, 3.8) is 0 Å². The van der Waals surface area contributed by atoms with E-state index in [4.69, 9.17) is 16.6 Å². The molecule has 0 aromatic heterocycles. The van der Waals surface area contributed by atoms with E-state index in [-0.39, 0.29) is 25.0 Å². The third-order valence-electron chi connectivity index (χ3n) is 5.59. The van der Waals surface area contributed by atoms with Gasteiger partial charge in [-0.25, -0.2) is 4.79 Å². The van der Waals surface area contributed by atoms with E-state index in [9.17, 15) is 44.1 Å². The quantitative estimate of drug-likeness (QED) is 0.0917. The Morgan fingerprint density at radius 2 is 1.31 bits per heavy atom. The van der Waals surface area contributed by atoms with E-state index < -0.39 is 72.6 Å². The van der Waals surface area contributed by atoms with Gasteiger partial charge < -0.3 is 47.8 Å². The van der Waals surface area contributed by atoms with Crippen LogP contribution in [0.2, 0.25) is 0 Å². The van der Waals surface area contributed by atoms with Crippen LogP contribution in [0.4, 0.5) is 0 Å². The zero-order valence-corrected chi connectivity index (χ0v) is 21.2. The highest BCUT2D eigenvalue weighted by Gasteiger charge is 2.31. The largest absolute Gasteiger partial charge is 0.508 e. The highest BCUT2D eigenvalue weighted by atomic mass is 16.4. The average molecular weight is 554 g/mol. The molecule has 0 aliphatic carbocycles. The van der Waals surface area contributed by atoms with Crippen LogP contribution in [0.3, 0.4) is 0 Å². The number of carboxylic acid groups (broad SMARTS) is 3. The predicted octanol–water partition coefficient (Wildman–Crippen LogP) is -1.73. The average Bonchev–Trinajstić information content (AvgIpc) is 2.86. The second-order valence-corrected chi connectivity index (χ2v) is 8.81. The highest BCUT2D eigenvalue weighted by Crippen LogP contribution is 2.12. The number of nitrogens with two attached hydrogens (primary N) is 2. The lowest BCUT2D eigenvalue weighted by atomic mass is 10.0. The molecule has 0 bridgehead atoms. The summed E-state index contributed by atoms with van der Waals surface area (Å²) in [5, 5.41) is 43.8. The van der Waals surface area contributed by atoms with Gasteiger partial charge in [0, 0.05) is 12.8 Å². The first-order valence-corrected chi connectivity index (χ1v) is 12.1. The number of carboxylic acids is 3. The number of benzene rings is 1. The van der Waals surface area contributed by atoms with Gasteiger partial charge in [-0.05, 0) is 49.9 Å². The minimum absolute atomic E-state index is 0.0276. The Morgan fingerprint density at radius 3 is 1.85 bits per heavy atom. The molecular weight excluding hydrogens is 518 g/mol. The summed E-state index contributed by atoms with van der Waals surface area (Å²) in [5.74, 6) is -6.94. The van der Waals surface area contributed by atoms with E-state index in [2.05, 4.69) is 16.0 Å². The smallest absolute Gasteiger partial charge is 0.326 e. The molecule has 15 heteroatoms. The number of hydrogen-bond donors (Lipinski definition) is 9. The lowest BCUT2D eigenvalue weighted by molar-refractivity contribution is -0.144. The molecule has 39 heavy (non-hydrogen) atoms. The molecule has 0 spiro atoms. The molecule has 216 valence electrons. The van der Waals surface area contributed by atoms with Crippen molar-refractivity contribution in [2.24, 2.45) is 11.5 Å². The number of phenols is 1. The number of amides is 3. The van der Waals surface area contributed by atoms with Crippen LogP contribution in [-0.4, -0.2) is 86.8 Å². The molecule has 0 fully saturated rings. The maximum absolute atomic E-state index is 13.2. The lowest BCUT2D eigenvalue weighted by Crippen LogP contribution is -2.58. The van der Waals surface area contributed by atoms with E-state index in [1.807, 2.05) is 0 Å². The van der Waals surface area contributed by atoms with Gasteiger partial charge in [-0.2, -0.15) is 0 Å². The molecule has 0 aliphatic rings. The zero-order chi connectivity index (χ0) is 29.5. The van der Waals surface area contributed by atoms with Gasteiger partial charge in [0.15, 0.2) is 0 Å². The molecule has 4 unspecified atom stereocenters. The van der Waals surface area contributed by atoms with E-state index in [1.165, 1.54) is 24.3 Å². The minimum Gasteiger partial charge on any atom is -0.508 e. The van der Waals surface area contributed by atoms with Crippen LogP contribution in [0.1, 0.15) is 44.1 Å². The zero-order valence-electron chi connectivity index (χ0n) is 21.2. The van der Waals surface area contributed by atoms with Crippen LogP contribution >= 0.6 is 0 Å². The number of carbonyl (C=O) groups is 6. The molecule has 3 amide bonds. The summed E-state index contributed by atoms with van der Waals surface area (Å²) in [4.78, 5) is 72.2. The number of rotatable bonds is 18. The van der Waals surface area contributed by atoms with E-state index in [0.717, 1.165) is 0 Å². The topological polar surface area (TPSA) is 271 Å². The van der Waals surface area contributed by atoms with Gasteiger partial charge in [0.2, 0.25) is 17.7 Å². The van der Waals surface area contributed by atoms with Crippen LogP contribution in [0.5, 0.6) is 5.75 Å². The van der Waals surface area contributed by atoms with E-state index in [1.54, 1.807) is 0 Å². The Morgan fingerprint density at radius 1 is 0.744 bits per heavy atom. The first-order chi connectivity index (χ1) is 18.3. The molecule has 15 nitrogen and oxygen atoms in total. The van der Waals surface area contributed by atoms with Gasteiger partial charge in [-0.15, -0.1) is 0 Å². The van der Waals surface area contributed by atoms with Crippen LogP contribution in [0, 0.1) is 0 Å².